The third kappa shape index (κ3) is 6.02. The highest BCUT2D eigenvalue weighted by molar-refractivity contribution is 5.78. The number of amides is 1. The minimum atomic E-state index is 0.106. The van der Waals surface area contributed by atoms with Gasteiger partial charge in [-0.25, -0.2) is 0 Å². The maximum Gasteiger partial charge on any atom is 0.225 e. The van der Waals surface area contributed by atoms with E-state index in [0.717, 1.165) is 50.9 Å². The lowest BCUT2D eigenvalue weighted by atomic mass is 9.82. The Morgan fingerprint density at radius 3 is 2.79 bits per heavy atom. The molecule has 0 saturated heterocycles. The summed E-state index contributed by atoms with van der Waals surface area (Å²) in [5.74, 6) is 0.386. The van der Waals surface area contributed by atoms with Gasteiger partial charge in [0, 0.05) is 56.5 Å². The van der Waals surface area contributed by atoms with E-state index in [9.17, 15) is 4.79 Å². The molecular formula is C23H37N3O2. The van der Waals surface area contributed by atoms with Crippen molar-refractivity contribution in [2.24, 2.45) is 5.92 Å². The van der Waals surface area contributed by atoms with Crippen molar-refractivity contribution in [1.82, 2.24) is 15.2 Å². The van der Waals surface area contributed by atoms with Crippen molar-refractivity contribution in [3.8, 4) is 0 Å². The van der Waals surface area contributed by atoms with Crippen LogP contribution in [-0.2, 0) is 16.0 Å². The molecule has 1 N–H and O–H groups in total. The van der Waals surface area contributed by atoms with Crippen molar-refractivity contribution in [2.75, 3.05) is 20.2 Å². The van der Waals surface area contributed by atoms with Crippen LogP contribution in [0.2, 0.25) is 0 Å². The lowest BCUT2D eigenvalue weighted by Gasteiger charge is -2.38. The zero-order valence-electron chi connectivity index (χ0n) is 17.6. The van der Waals surface area contributed by atoms with Gasteiger partial charge in [0.15, 0.2) is 0 Å². The van der Waals surface area contributed by atoms with Gasteiger partial charge in [0.25, 0.3) is 0 Å². The molecule has 1 aromatic rings. The first-order valence-corrected chi connectivity index (χ1v) is 11.2. The van der Waals surface area contributed by atoms with Crippen molar-refractivity contribution in [3.05, 3.63) is 30.1 Å². The summed E-state index contributed by atoms with van der Waals surface area (Å²) in [6.45, 7) is 3.70. The SMILES string of the molecule is CCCOC1CCC(C(=O)N(C)CCc2ccccn2)CC1NC1CCCC1. The van der Waals surface area contributed by atoms with E-state index in [1.165, 1.54) is 25.7 Å². The van der Waals surface area contributed by atoms with Gasteiger partial charge >= 0.3 is 0 Å². The molecule has 0 spiro atoms. The van der Waals surface area contributed by atoms with Crippen molar-refractivity contribution in [1.29, 1.82) is 0 Å². The highest BCUT2D eigenvalue weighted by atomic mass is 16.5. The topological polar surface area (TPSA) is 54.5 Å². The number of hydrogen-bond donors (Lipinski definition) is 1. The van der Waals surface area contributed by atoms with Crippen molar-refractivity contribution in [3.63, 3.8) is 0 Å². The molecule has 3 rings (SSSR count). The Hall–Kier alpha value is -1.46. The van der Waals surface area contributed by atoms with E-state index in [0.29, 0.717) is 12.1 Å². The van der Waals surface area contributed by atoms with Gasteiger partial charge in [-0.1, -0.05) is 25.8 Å². The summed E-state index contributed by atoms with van der Waals surface area (Å²) in [6, 6.07) is 6.86. The van der Waals surface area contributed by atoms with E-state index in [1.54, 1.807) is 0 Å². The second kappa shape index (κ2) is 10.9. The van der Waals surface area contributed by atoms with E-state index in [4.69, 9.17) is 4.74 Å². The van der Waals surface area contributed by atoms with Crippen LogP contribution in [0.4, 0.5) is 0 Å². The molecule has 2 fully saturated rings. The van der Waals surface area contributed by atoms with Crippen LogP contribution in [0.15, 0.2) is 24.4 Å². The maximum absolute atomic E-state index is 13.1. The predicted molar refractivity (Wildman–Crippen MR) is 112 cm³/mol. The van der Waals surface area contributed by atoms with E-state index in [1.807, 2.05) is 36.3 Å². The maximum atomic E-state index is 13.1. The molecule has 5 heteroatoms. The number of ether oxygens (including phenoxy) is 1. The lowest BCUT2D eigenvalue weighted by molar-refractivity contribution is -0.137. The summed E-state index contributed by atoms with van der Waals surface area (Å²) in [5, 5.41) is 3.85. The predicted octanol–water partition coefficient (Wildman–Crippen LogP) is 3.58. The number of nitrogens with one attached hydrogen (secondary N) is 1. The van der Waals surface area contributed by atoms with Crippen LogP contribution >= 0.6 is 0 Å². The van der Waals surface area contributed by atoms with Gasteiger partial charge < -0.3 is 15.0 Å². The first-order valence-electron chi connectivity index (χ1n) is 11.2. The largest absolute Gasteiger partial charge is 0.377 e. The van der Waals surface area contributed by atoms with Gasteiger partial charge in [0.05, 0.1) is 6.10 Å². The Kier molecular flexibility index (Phi) is 8.28. The van der Waals surface area contributed by atoms with Gasteiger partial charge in [-0.15, -0.1) is 0 Å². The average molecular weight is 388 g/mol. The smallest absolute Gasteiger partial charge is 0.225 e. The van der Waals surface area contributed by atoms with E-state index in [-0.39, 0.29) is 17.9 Å². The minimum absolute atomic E-state index is 0.106. The Labute approximate surface area is 170 Å². The fourth-order valence-electron chi connectivity index (χ4n) is 4.66. The molecule has 0 radical (unpaired) electrons. The van der Waals surface area contributed by atoms with E-state index < -0.39 is 0 Å². The van der Waals surface area contributed by atoms with E-state index >= 15 is 0 Å². The van der Waals surface area contributed by atoms with E-state index in [2.05, 4.69) is 17.2 Å². The van der Waals surface area contributed by atoms with Crippen LogP contribution in [0.25, 0.3) is 0 Å². The normalized spacial score (nSPS) is 25.7. The summed E-state index contributed by atoms with van der Waals surface area (Å²) in [7, 11) is 1.93. The summed E-state index contributed by atoms with van der Waals surface area (Å²) in [5.41, 5.74) is 1.04. The summed E-state index contributed by atoms with van der Waals surface area (Å²) in [4.78, 5) is 19.3. The monoisotopic (exact) mass is 387 g/mol. The molecule has 5 nitrogen and oxygen atoms in total. The number of aromatic nitrogens is 1. The van der Waals surface area contributed by atoms with Gasteiger partial charge in [-0.2, -0.15) is 0 Å². The molecule has 1 amide bonds. The number of likely N-dealkylation sites (N-methyl/N-ethyl adjacent to an activating group) is 1. The Balaban J connectivity index is 1.54. The first kappa shape index (κ1) is 21.3. The Bertz CT molecular complexity index is 589. The molecule has 3 unspecified atom stereocenters. The van der Waals surface area contributed by atoms with Crippen LogP contribution in [0.3, 0.4) is 0 Å². The number of pyridine rings is 1. The fraction of sp³-hybridized carbons (Fsp3) is 0.739. The van der Waals surface area contributed by atoms with Crippen LogP contribution in [0.1, 0.15) is 64.0 Å². The quantitative estimate of drug-likeness (QED) is 0.704. The Morgan fingerprint density at radius 1 is 1.25 bits per heavy atom. The number of hydrogen-bond acceptors (Lipinski definition) is 4. The molecule has 156 valence electrons. The number of nitrogens with zero attached hydrogens (tertiary/aromatic N) is 2. The highest BCUT2D eigenvalue weighted by Gasteiger charge is 2.36. The second-order valence-corrected chi connectivity index (χ2v) is 8.50. The minimum Gasteiger partial charge on any atom is -0.377 e. The fourth-order valence-corrected chi connectivity index (χ4v) is 4.66. The second-order valence-electron chi connectivity index (χ2n) is 8.50. The van der Waals surface area contributed by atoms with Crippen molar-refractivity contribution < 1.29 is 9.53 Å². The highest BCUT2D eigenvalue weighted by Crippen LogP contribution is 2.30. The number of rotatable bonds is 9. The van der Waals surface area contributed by atoms with Crippen molar-refractivity contribution >= 4 is 5.91 Å². The van der Waals surface area contributed by atoms with Gasteiger partial charge in [0.2, 0.25) is 5.91 Å². The van der Waals surface area contributed by atoms with Crippen LogP contribution < -0.4 is 5.32 Å². The number of carbonyl (C=O) groups is 1. The number of carbonyl (C=O) groups excluding carboxylic acids is 1. The average Bonchev–Trinajstić information content (AvgIpc) is 3.24. The molecular weight excluding hydrogens is 350 g/mol. The third-order valence-electron chi connectivity index (χ3n) is 6.28. The molecule has 1 heterocycles. The summed E-state index contributed by atoms with van der Waals surface area (Å²) < 4.78 is 6.15. The third-order valence-corrected chi connectivity index (χ3v) is 6.28. The van der Waals surface area contributed by atoms with Crippen LogP contribution in [0, 0.1) is 5.92 Å². The van der Waals surface area contributed by atoms with Crippen LogP contribution in [-0.4, -0.2) is 54.2 Å². The van der Waals surface area contributed by atoms with Gasteiger partial charge in [0.1, 0.15) is 0 Å². The molecule has 2 aliphatic carbocycles. The molecule has 0 bridgehead atoms. The molecule has 1 aromatic heterocycles. The molecule has 2 saturated carbocycles. The van der Waals surface area contributed by atoms with Crippen LogP contribution in [0.5, 0.6) is 0 Å². The zero-order chi connectivity index (χ0) is 19.8. The first-order chi connectivity index (χ1) is 13.7. The molecule has 0 aromatic carbocycles. The summed E-state index contributed by atoms with van der Waals surface area (Å²) in [6.07, 6.45) is 11.9. The van der Waals surface area contributed by atoms with Gasteiger partial charge in [-0.3, -0.25) is 9.78 Å². The molecule has 3 atom stereocenters. The van der Waals surface area contributed by atoms with Crippen molar-refractivity contribution in [2.45, 2.75) is 82.9 Å². The lowest BCUT2D eigenvalue weighted by Crippen LogP contribution is -2.51. The zero-order valence-corrected chi connectivity index (χ0v) is 17.6. The molecule has 0 aliphatic heterocycles. The van der Waals surface area contributed by atoms with Gasteiger partial charge in [-0.05, 0) is 50.7 Å². The Morgan fingerprint density at radius 2 is 2.07 bits per heavy atom. The summed E-state index contributed by atoms with van der Waals surface area (Å²) >= 11 is 0. The standard InChI is InChI=1S/C23H37N3O2/c1-3-16-28-22-12-11-18(17-21(22)25-20-9-4-5-10-20)23(27)26(2)15-13-19-8-6-7-14-24-19/h6-8,14,18,20-22,25H,3-5,9-13,15-17H2,1-2H3. The molecule has 28 heavy (non-hydrogen) atoms. The molecule has 2 aliphatic rings.